The number of β-amino-alcohol motifs (C(OH)–C–C–N with tert-alkyl or cyclic N) is 1. The monoisotopic (exact) mass is 377 g/mol. The van der Waals surface area contributed by atoms with Crippen LogP contribution < -0.4 is 5.32 Å². The first-order chi connectivity index (χ1) is 13.6. The summed E-state index contributed by atoms with van der Waals surface area (Å²) in [5.74, 6) is -0.929. The molecule has 2 heterocycles. The number of carbonyl (C=O) groups excluding carboxylic acids is 2. The maximum Gasteiger partial charge on any atom is 0.337 e. The van der Waals surface area contributed by atoms with E-state index in [0.717, 1.165) is 16.3 Å². The second-order valence-electron chi connectivity index (χ2n) is 6.48. The largest absolute Gasteiger partial charge is 0.466 e. The summed E-state index contributed by atoms with van der Waals surface area (Å²) in [6.45, 7) is 0.0493. The van der Waals surface area contributed by atoms with E-state index in [9.17, 15) is 14.7 Å². The van der Waals surface area contributed by atoms with Crippen molar-refractivity contribution in [3.05, 3.63) is 59.8 Å². The van der Waals surface area contributed by atoms with E-state index in [4.69, 9.17) is 9.72 Å². The minimum Gasteiger partial charge on any atom is -0.466 e. The van der Waals surface area contributed by atoms with E-state index < -0.39 is 5.97 Å². The van der Waals surface area contributed by atoms with Crippen molar-refractivity contribution in [2.24, 2.45) is 0 Å². The molecule has 0 fully saturated rings. The SMILES string of the molecule is COC(=O)C1=C(Nc2cccc3cc4ccccc4nc23)C(=O)N(CCO)C1. The summed E-state index contributed by atoms with van der Waals surface area (Å²) in [6, 6.07) is 15.5. The van der Waals surface area contributed by atoms with Gasteiger partial charge >= 0.3 is 5.97 Å². The van der Waals surface area contributed by atoms with Crippen LogP contribution in [0, 0.1) is 0 Å². The Morgan fingerprint density at radius 2 is 2.00 bits per heavy atom. The predicted octanol–water partition coefficient (Wildman–Crippen LogP) is 2.06. The van der Waals surface area contributed by atoms with Crippen molar-refractivity contribution in [1.82, 2.24) is 9.88 Å². The molecule has 0 spiro atoms. The molecule has 0 radical (unpaired) electrons. The van der Waals surface area contributed by atoms with Gasteiger partial charge in [-0.15, -0.1) is 0 Å². The Morgan fingerprint density at radius 1 is 1.21 bits per heavy atom. The van der Waals surface area contributed by atoms with Gasteiger partial charge in [0.2, 0.25) is 0 Å². The Labute approximate surface area is 161 Å². The molecule has 0 saturated carbocycles. The number of aliphatic hydroxyl groups excluding tert-OH is 1. The van der Waals surface area contributed by atoms with Crippen molar-refractivity contribution in [2.75, 3.05) is 32.1 Å². The van der Waals surface area contributed by atoms with Crippen LogP contribution in [0.3, 0.4) is 0 Å². The van der Waals surface area contributed by atoms with Gasteiger partial charge in [-0.25, -0.2) is 9.78 Å². The second-order valence-corrected chi connectivity index (χ2v) is 6.48. The lowest BCUT2D eigenvalue weighted by Gasteiger charge is -2.15. The molecule has 0 bridgehead atoms. The highest BCUT2D eigenvalue weighted by Crippen LogP contribution is 2.29. The van der Waals surface area contributed by atoms with Gasteiger partial charge < -0.3 is 20.1 Å². The van der Waals surface area contributed by atoms with Crippen molar-refractivity contribution in [2.45, 2.75) is 0 Å². The Morgan fingerprint density at radius 3 is 2.79 bits per heavy atom. The highest BCUT2D eigenvalue weighted by atomic mass is 16.5. The number of rotatable bonds is 5. The van der Waals surface area contributed by atoms with Gasteiger partial charge in [-0.1, -0.05) is 30.3 Å². The summed E-state index contributed by atoms with van der Waals surface area (Å²) in [7, 11) is 1.28. The lowest BCUT2D eigenvalue weighted by molar-refractivity contribution is -0.136. The third kappa shape index (κ3) is 3.05. The lowest BCUT2D eigenvalue weighted by atomic mass is 10.1. The molecule has 2 aromatic carbocycles. The minimum absolute atomic E-state index is 0.0928. The number of carbonyl (C=O) groups is 2. The number of amides is 1. The van der Waals surface area contributed by atoms with Gasteiger partial charge in [0, 0.05) is 17.3 Å². The molecular formula is C21H19N3O4. The van der Waals surface area contributed by atoms with Gasteiger partial charge in [-0.2, -0.15) is 0 Å². The molecule has 4 rings (SSSR count). The predicted molar refractivity (Wildman–Crippen MR) is 106 cm³/mol. The van der Waals surface area contributed by atoms with Crippen LogP contribution in [-0.2, 0) is 14.3 Å². The molecule has 7 heteroatoms. The van der Waals surface area contributed by atoms with E-state index in [1.165, 1.54) is 12.0 Å². The standard InChI is InChI=1S/C21H19N3O4/c1-28-21(27)15-12-24(9-10-25)20(26)19(15)23-17-8-4-6-14-11-13-5-2-3-7-16(13)22-18(14)17/h2-8,11,23,25H,9-10,12H2,1H3. The molecule has 0 atom stereocenters. The average Bonchev–Trinajstić information content (AvgIpc) is 3.02. The van der Waals surface area contributed by atoms with Crippen molar-refractivity contribution in [1.29, 1.82) is 0 Å². The Hall–Kier alpha value is -3.45. The van der Waals surface area contributed by atoms with Gasteiger partial charge in [0.25, 0.3) is 5.91 Å². The number of hydrogen-bond acceptors (Lipinski definition) is 6. The molecule has 7 nitrogen and oxygen atoms in total. The highest BCUT2D eigenvalue weighted by Gasteiger charge is 2.34. The van der Waals surface area contributed by atoms with Gasteiger partial charge in [0.1, 0.15) is 5.70 Å². The quantitative estimate of drug-likeness (QED) is 0.522. The first kappa shape index (κ1) is 17.9. The smallest absolute Gasteiger partial charge is 0.337 e. The van der Waals surface area contributed by atoms with Gasteiger partial charge in [-0.3, -0.25) is 4.79 Å². The fourth-order valence-corrected chi connectivity index (χ4v) is 3.39. The number of nitrogens with zero attached hydrogens (tertiary/aromatic N) is 2. The fourth-order valence-electron chi connectivity index (χ4n) is 3.39. The number of anilines is 1. The number of ether oxygens (including phenoxy) is 1. The van der Waals surface area contributed by atoms with Crippen molar-refractivity contribution in [3.63, 3.8) is 0 Å². The average molecular weight is 377 g/mol. The third-order valence-electron chi connectivity index (χ3n) is 4.76. The van der Waals surface area contributed by atoms with E-state index in [1.54, 1.807) is 0 Å². The molecular weight excluding hydrogens is 358 g/mol. The number of aromatic nitrogens is 1. The third-order valence-corrected chi connectivity index (χ3v) is 4.76. The highest BCUT2D eigenvalue weighted by molar-refractivity contribution is 6.10. The molecule has 1 amide bonds. The number of nitrogens with one attached hydrogen (secondary N) is 1. The van der Waals surface area contributed by atoms with Crippen molar-refractivity contribution in [3.8, 4) is 0 Å². The number of para-hydroxylation sites is 2. The van der Waals surface area contributed by atoms with Crippen LogP contribution in [-0.4, -0.2) is 53.7 Å². The molecule has 1 aliphatic heterocycles. The number of esters is 1. The topological polar surface area (TPSA) is 91.8 Å². The Bertz CT molecular complexity index is 1120. The van der Waals surface area contributed by atoms with Gasteiger partial charge in [0.05, 0.1) is 42.6 Å². The van der Waals surface area contributed by atoms with Gasteiger partial charge in [-0.05, 0) is 18.2 Å². The number of fused-ring (bicyclic) bond motifs is 2. The van der Waals surface area contributed by atoms with Crippen LogP contribution in [0.15, 0.2) is 59.8 Å². The van der Waals surface area contributed by atoms with E-state index in [0.29, 0.717) is 11.2 Å². The zero-order chi connectivity index (χ0) is 19.7. The zero-order valence-electron chi connectivity index (χ0n) is 15.3. The maximum atomic E-state index is 12.7. The molecule has 142 valence electrons. The number of benzene rings is 2. The van der Waals surface area contributed by atoms with Crippen LogP contribution >= 0.6 is 0 Å². The summed E-state index contributed by atoms with van der Waals surface area (Å²) in [5, 5.41) is 14.2. The maximum absolute atomic E-state index is 12.7. The number of pyridine rings is 1. The molecule has 1 aliphatic rings. The zero-order valence-corrected chi connectivity index (χ0v) is 15.3. The molecule has 28 heavy (non-hydrogen) atoms. The Kier molecular flexibility index (Phi) is 4.67. The summed E-state index contributed by atoms with van der Waals surface area (Å²) in [6.07, 6.45) is 0. The van der Waals surface area contributed by atoms with Gasteiger partial charge in [0.15, 0.2) is 0 Å². The summed E-state index contributed by atoms with van der Waals surface area (Å²) >= 11 is 0. The first-order valence-electron chi connectivity index (χ1n) is 8.89. The van der Waals surface area contributed by atoms with Crippen LogP contribution in [0.5, 0.6) is 0 Å². The molecule has 1 aromatic heterocycles. The first-order valence-corrected chi connectivity index (χ1v) is 8.89. The normalized spacial score (nSPS) is 14.2. The molecule has 2 N–H and O–H groups in total. The molecule has 0 unspecified atom stereocenters. The summed E-state index contributed by atoms with van der Waals surface area (Å²) in [4.78, 5) is 31.0. The Balaban J connectivity index is 1.80. The molecule has 0 saturated heterocycles. The number of methoxy groups -OCH3 is 1. The summed E-state index contributed by atoms with van der Waals surface area (Å²) < 4.78 is 4.83. The second kappa shape index (κ2) is 7.28. The van der Waals surface area contributed by atoms with Crippen molar-refractivity contribution >= 4 is 39.4 Å². The summed E-state index contributed by atoms with van der Waals surface area (Å²) in [5.41, 5.74) is 2.55. The van der Waals surface area contributed by atoms with Crippen LogP contribution in [0.25, 0.3) is 21.8 Å². The minimum atomic E-state index is -0.574. The number of hydrogen-bond donors (Lipinski definition) is 2. The van der Waals surface area contributed by atoms with Crippen LogP contribution in [0.2, 0.25) is 0 Å². The number of aliphatic hydroxyl groups is 1. The van der Waals surface area contributed by atoms with E-state index >= 15 is 0 Å². The lowest BCUT2D eigenvalue weighted by Crippen LogP contribution is -2.31. The van der Waals surface area contributed by atoms with E-state index in [2.05, 4.69) is 5.32 Å². The van der Waals surface area contributed by atoms with Crippen molar-refractivity contribution < 1.29 is 19.4 Å². The molecule has 3 aromatic rings. The van der Waals surface area contributed by atoms with Crippen LogP contribution in [0.4, 0.5) is 5.69 Å². The van der Waals surface area contributed by atoms with E-state index in [1.807, 2.05) is 48.5 Å². The van der Waals surface area contributed by atoms with E-state index in [-0.39, 0.29) is 36.9 Å². The fraction of sp³-hybridized carbons (Fsp3) is 0.190. The van der Waals surface area contributed by atoms with Crippen LogP contribution in [0.1, 0.15) is 0 Å². The molecule has 0 aliphatic carbocycles.